The summed E-state index contributed by atoms with van der Waals surface area (Å²) in [6.45, 7) is 4.44. The summed E-state index contributed by atoms with van der Waals surface area (Å²) in [5.74, 6) is -0.0120. The SMILES string of the molecule is Cc1nc2ccc(N3N=C4CN(Cc5ccc(Cl)cc5)CCC4C3=O)cc2s1. The van der Waals surface area contributed by atoms with Crippen LogP contribution in [0.25, 0.3) is 10.2 Å². The van der Waals surface area contributed by atoms with Crippen LogP contribution in [0.3, 0.4) is 0 Å². The fourth-order valence-electron chi connectivity index (χ4n) is 3.92. The number of benzene rings is 2. The third kappa shape index (κ3) is 3.21. The van der Waals surface area contributed by atoms with Crippen molar-refractivity contribution < 1.29 is 4.79 Å². The number of hydrogen-bond donors (Lipinski definition) is 0. The lowest BCUT2D eigenvalue weighted by Crippen LogP contribution is -2.41. The predicted octanol–water partition coefficient (Wildman–Crippen LogP) is 4.48. The van der Waals surface area contributed by atoms with E-state index in [2.05, 4.69) is 22.0 Å². The number of halogens is 1. The number of hydrazone groups is 1. The maximum absolute atomic E-state index is 12.9. The van der Waals surface area contributed by atoms with Gasteiger partial charge >= 0.3 is 0 Å². The Morgan fingerprint density at radius 3 is 2.86 bits per heavy atom. The molecule has 5 nitrogen and oxygen atoms in total. The molecule has 0 radical (unpaired) electrons. The zero-order valence-electron chi connectivity index (χ0n) is 15.4. The van der Waals surface area contributed by atoms with Gasteiger partial charge in [-0.3, -0.25) is 9.69 Å². The number of carbonyl (C=O) groups is 1. The number of aromatic nitrogens is 1. The van der Waals surface area contributed by atoms with E-state index in [0.29, 0.717) is 0 Å². The number of thiazole rings is 1. The van der Waals surface area contributed by atoms with Crippen LogP contribution in [0, 0.1) is 12.8 Å². The van der Waals surface area contributed by atoms with Crippen molar-refractivity contribution >= 4 is 50.5 Å². The van der Waals surface area contributed by atoms with Gasteiger partial charge in [-0.25, -0.2) is 9.99 Å². The monoisotopic (exact) mass is 410 g/mol. The van der Waals surface area contributed by atoms with E-state index in [0.717, 1.165) is 57.7 Å². The number of likely N-dealkylation sites (tertiary alicyclic amines) is 1. The van der Waals surface area contributed by atoms with Crippen LogP contribution < -0.4 is 5.01 Å². The Bertz CT molecular complexity index is 1090. The number of fused-ring (bicyclic) bond motifs is 2. The second-order valence-corrected chi connectivity index (χ2v) is 8.98. The van der Waals surface area contributed by atoms with E-state index < -0.39 is 0 Å². The first kappa shape index (κ1) is 17.8. The Labute approximate surface area is 172 Å². The summed E-state index contributed by atoms with van der Waals surface area (Å²) in [6, 6.07) is 13.9. The molecule has 1 unspecified atom stereocenters. The zero-order chi connectivity index (χ0) is 19.3. The zero-order valence-corrected chi connectivity index (χ0v) is 17.0. The fraction of sp³-hybridized carbons (Fsp3) is 0.286. The first-order chi connectivity index (χ1) is 13.6. The second-order valence-electron chi connectivity index (χ2n) is 7.30. The molecule has 7 heteroatoms. The average molecular weight is 411 g/mol. The maximum Gasteiger partial charge on any atom is 0.256 e. The number of aryl methyl sites for hydroxylation is 1. The molecular formula is C21H19ClN4OS. The minimum Gasteiger partial charge on any atom is -0.293 e. The molecule has 0 spiro atoms. The number of anilines is 1. The van der Waals surface area contributed by atoms with Crippen molar-refractivity contribution in [3.05, 3.63) is 58.1 Å². The minimum absolute atomic E-state index is 0.0849. The number of carbonyl (C=O) groups excluding carboxylic acids is 1. The Kier molecular flexibility index (Phi) is 4.42. The molecule has 0 saturated carbocycles. The van der Waals surface area contributed by atoms with Gasteiger partial charge in [0.1, 0.15) is 0 Å². The van der Waals surface area contributed by atoms with Gasteiger partial charge in [0.15, 0.2) is 0 Å². The molecule has 3 heterocycles. The molecule has 1 amide bonds. The average Bonchev–Trinajstić information content (AvgIpc) is 3.22. The molecular weight excluding hydrogens is 392 g/mol. The van der Waals surface area contributed by atoms with Gasteiger partial charge in [-0.2, -0.15) is 5.10 Å². The van der Waals surface area contributed by atoms with E-state index in [1.54, 1.807) is 16.3 Å². The molecule has 142 valence electrons. The van der Waals surface area contributed by atoms with Crippen molar-refractivity contribution in [2.45, 2.75) is 19.9 Å². The summed E-state index contributed by atoms with van der Waals surface area (Å²) in [4.78, 5) is 19.8. The molecule has 5 rings (SSSR count). The third-order valence-electron chi connectivity index (χ3n) is 5.30. The van der Waals surface area contributed by atoms with Gasteiger partial charge in [0.25, 0.3) is 5.91 Å². The summed E-state index contributed by atoms with van der Waals surface area (Å²) in [7, 11) is 0. The smallest absolute Gasteiger partial charge is 0.256 e. The lowest BCUT2D eigenvalue weighted by molar-refractivity contribution is -0.120. The van der Waals surface area contributed by atoms with Gasteiger partial charge in [-0.15, -0.1) is 11.3 Å². The van der Waals surface area contributed by atoms with E-state index in [9.17, 15) is 4.79 Å². The summed E-state index contributed by atoms with van der Waals surface area (Å²) < 4.78 is 1.09. The highest BCUT2D eigenvalue weighted by Gasteiger charge is 2.39. The molecule has 1 atom stereocenters. The van der Waals surface area contributed by atoms with E-state index >= 15 is 0 Å². The van der Waals surface area contributed by atoms with Crippen LogP contribution in [-0.2, 0) is 11.3 Å². The number of rotatable bonds is 3. The van der Waals surface area contributed by atoms with E-state index in [4.69, 9.17) is 16.7 Å². The van der Waals surface area contributed by atoms with E-state index in [1.165, 1.54) is 5.56 Å². The molecule has 1 saturated heterocycles. The molecule has 28 heavy (non-hydrogen) atoms. The van der Waals surface area contributed by atoms with Crippen LogP contribution in [0.2, 0.25) is 5.02 Å². The first-order valence-electron chi connectivity index (χ1n) is 9.32. The lowest BCUT2D eigenvalue weighted by Gasteiger charge is -2.29. The van der Waals surface area contributed by atoms with Crippen LogP contribution in [-0.4, -0.2) is 34.6 Å². The van der Waals surface area contributed by atoms with Crippen LogP contribution in [0.4, 0.5) is 5.69 Å². The topological polar surface area (TPSA) is 48.8 Å². The molecule has 2 aromatic carbocycles. The number of hydrogen-bond acceptors (Lipinski definition) is 5. The number of amides is 1. The van der Waals surface area contributed by atoms with Gasteiger partial charge < -0.3 is 0 Å². The van der Waals surface area contributed by atoms with Crippen molar-refractivity contribution in [2.75, 3.05) is 18.1 Å². The van der Waals surface area contributed by atoms with Gasteiger partial charge in [0.05, 0.1) is 32.5 Å². The molecule has 0 N–H and O–H groups in total. The number of piperidine rings is 1. The number of nitrogens with zero attached hydrogens (tertiary/aromatic N) is 4. The van der Waals surface area contributed by atoms with Crippen molar-refractivity contribution in [2.24, 2.45) is 11.0 Å². The molecule has 2 aliphatic rings. The van der Waals surface area contributed by atoms with Crippen LogP contribution in [0.5, 0.6) is 0 Å². The fourth-order valence-corrected chi connectivity index (χ4v) is 4.90. The van der Waals surface area contributed by atoms with E-state index in [-0.39, 0.29) is 11.8 Å². The molecule has 1 fully saturated rings. The highest BCUT2D eigenvalue weighted by Crippen LogP contribution is 2.32. The van der Waals surface area contributed by atoms with Crippen LogP contribution in [0.1, 0.15) is 17.0 Å². The van der Waals surface area contributed by atoms with Gasteiger partial charge in [0, 0.05) is 24.7 Å². The molecule has 1 aromatic heterocycles. The minimum atomic E-state index is -0.0969. The van der Waals surface area contributed by atoms with Gasteiger partial charge in [-0.05, 0) is 49.2 Å². The van der Waals surface area contributed by atoms with Gasteiger partial charge in [0.2, 0.25) is 0 Å². The molecule has 2 aliphatic heterocycles. The third-order valence-corrected chi connectivity index (χ3v) is 6.49. The lowest BCUT2D eigenvalue weighted by atomic mass is 9.94. The largest absolute Gasteiger partial charge is 0.293 e. The Morgan fingerprint density at radius 2 is 2.04 bits per heavy atom. The van der Waals surface area contributed by atoms with Crippen molar-refractivity contribution in [1.82, 2.24) is 9.88 Å². The molecule has 0 aliphatic carbocycles. The summed E-state index contributed by atoms with van der Waals surface area (Å²) >= 11 is 7.62. The summed E-state index contributed by atoms with van der Waals surface area (Å²) in [6.07, 6.45) is 0.809. The predicted molar refractivity (Wildman–Crippen MR) is 114 cm³/mol. The highest BCUT2D eigenvalue weighted by molar-refractivity contribution is 7.18. The standard InChI is InChI=1S/C21H19ClN4OS/c1-13-23-18-7-6-16(10-20(18)28-13)26-21(27)17-8-9-25(12-19(17)24-26)11-14-2-4-15(22)5-3-14/h2-7,10,17H,8-9,11-12H2,1H3. The Morgan fingerprint density at radius 1 is 1.21 bits per heavy atom. The molecule has 0 bridgehead atoms. The Hall–Kier alpha value is -2.28. The van der Waals surface area contributed by atoms with E-state index in [1.807, 2.05) is 37.3 Å². The van der Waals surface area contributed by atoms with Crippen molar-refractivity contribution in [1.29, 1.82) is 0 Å². The summed E-state index contributed by atoms with van der Waals surface area (Å²) in [5, 5.41) is 8.06. The van der Waals surface area contributed by atoms with Crippen LogP contribution in [0.15, 0.2) is 47.6 Å². The van der Waals surface area contributed by atoms with Crippen LogP contribution >= 0.6 is 22.9 Å². The maximum atomic E-state index is 12.9. The Balaban J connectivity index is 1.36. The van der Waals surface area contributed by atoms with Crippen molar-refractivity contribution in [3.63, 3.8) is 0 Å². The quantitative estimate of drug-likeness (QED) is 0.639. The highest BCUT2D eigenvalue weighted by atomic mass is 35.5. The second kappa shape index (κ2) is 6.95. The first-order valence-corrected chi connectivity index (χ1v) is 10.5. The van der Waals surface area contributed by atoms with Crippen molar-refractivity contribution in [3.8, 4) is 0 Å². The van der Waals surface area contributed by atoms with Gasteiger partial charge in [-0.1, -0.05) is 23.7 Å². The summed E-state index contributed by atoms with van der Waals surface area (Å²) in [5.41, 5.74) is 3.98. The normalized spacial score (nSPS) is 19.9. The molecule has 3 aromatic rings.